The Morgan fingerprint density at radius 2 is 1.54 bits per heavy atom. The summed E-state index contributed by atoms with van der Waals surface area (Å²) < 4.78 is 34.2. The van der Waals surface area contributed by atoms with Crippen LogP contribution < -0.4 is 9.47 Å². The smallest absolute Gasteiger partial charge is 0.387 e. The molecule has 0 saturated carbocycles. The van der Waals surface area contributed by atoms with E-state index in [1.54, 1.807) is 6.92 Å². The lowest BCUT2D eigenvalue weighted by Crippen LogP contribution is -2.04. The highest BCUT2D eigenvalue weighted by atomic mass is 19.3. The van der Waals surface area contributed by atoms with Gasteiger partial charge in [-0.3, -0.25) is 20.2 Å². The lowest BCUT2D eigenvalue weighted by atomic mass is 10.2. The van der Waals surface area contributed by atoms with Crippen molar-refractivity contribution in [2.75, 3.05) is 0 Å². The van der Waals surface area contributed by atoms with Crippen LogP contribution in [0.5, 0.6) is 17.2 Å². The Balaban J connectivity index is 2.42. The number of aryl methyl sites for hydroxylation is 1. The van der Waals surface area contributed by atoms with E-state index in [0.717, 1.165) is 18.2 Å². The monoisotopic (exact) mass is 340 g/mol. The Kier molecular flexibility index (Phi) is 4.87. The number of nitro benzene ring substituents is 2. The van der Waals surface area contributed by atoms with Gasteiger partial charge in [-0.15, -0.1) is 0 Å². The lowest BCUT2D eigenvalue weighted by molar-refractivity contribution is -0.386. The molecule has 0 aliphatic carbocycles. The Morgan fingerprint density at radius 3 is 2.12 bits per heavy atom. The van der Waals surface area contributed by atoms with Crippen molar-refractivity contribution in [3.05, 3.63) is 62.2 Å². The predicted octanol–water partition coefficient (Wildman–Crippen LogP) is 4.21. The Bertz CT molecular complexity index is 797. The first-order valence-corrected chi connectivity index (χ1v) is 6.44. The van der Waals surface area contributed by atoms with Gasteiger partial charge in [0.2, 0.25) is 11.5 Å². The third-order valence-electron chi connectivity index (χ3n) is 2.88. The molecule has 0 radical (unpaired) electrons. The molecule has 2 aromatic carbocycles. The van der Waals surface area contributed by atoms with Crippen molar-refractivity contribution < 1.29 is 28.1 Å². The third kappa shape index (κ3) is 3.91. The first kappa shape index (κ1) is 17.1. The fraction of sp³-hybridized carbons (Fsp3) is 0.143. The maximum Gasteiger partial charge on any atom is 0.387 e. The number of hydrogen-bond acceptors (Lipinski definition) is 6. The van der Waals surface area contributed by atoms with E-state index < -0.39 is 27.9 Å². The molecule has 8 nitrogen and oxygen atoms in total. The van der Waals surface area contributed by atoms with Crippen LogP contribution in [0.3, 0.4) is 0 Å². The number of rotatable bonds is 6. The summed E-state index contributed by atoms with van der Waals surface area (Å²) in [6.07, 6.45) is 0. The molecule has 0 bridgehead atoms. The molecule has 0 saturated heterocycles. The molecule has 126 valence electrons. The second kappa shape index (κ2) is 6.86. The minimum atomic E-state index is -3.27. The van der Waals surface area contributed by atoms with E-state index in [2.05, 4.69) is 4.74 Å². The van der Waals surface area contributed by atoms with E-state index >= 15 is 0 Å². The van der Waals surface area contributed by atoms with E-state index in [4.69, 9.17) is 4.74 Å². The fourth-order valence-corrected chi connectivity index (χ4v) is 1.88. The Morgan fingerprint density at radius 1 is 0.958 bits per heavy atom. The average molecular weight is 340 g/mol. The predicted molar refractivity (Wildman–Crippen MR) is 77.6 cm³/mol. The maximum absolute atomic E-state index is 12.4. The molecule has 0 unspecified atom stereocenters. The molecule has 0 atom stereocenters. The largest absolute Gasteiger partial charge is 0.450 e. The fourth-order valence-electron chi connectivity index (χ4n) is 1.88. The number of benzene rings is 2. The number of ether oxygens (including phenoxy) is 2. The summed E-state index contributed by atoms with van der Waals surface area (Å²) in [6.45, 7) is -1.59. The molecule has 2 aromatic rings. The highest BCUT2D eigenvalue weighted by molar-refractivity contribution is 5.54. The van der Waals surface area contributed by atoms with Crippen molar-refractivity contribution in [2.45, 2.75) is 13.5 Å². The second-order valence-electron chi connectivity index (χ2n) is 4.60. The molecular weight excluding hydrogens is 330 g/mol. The van der Waals surface area contributed by atoms with Crippen LogP contribution in [0, 0.1) is 27.2 Å². The number of nitrogens with zero attached hydrogens (tertiary/aromatic N) is 2. The van der Waals surface area contributed by atoms with Gasteiger partial charge in [0.25, 0.3) is 0 Å². The molecule has 10 heteroatoms. The zero-order valence-corrected chi connectivity index (χ0v) is 12.1. The van der Waals surface area contributed by atoms with Crippen LogP contribution in [0.2, 0.25) is 0 Å². The molecule has 0 aromatic heterocycles. The number of nitro groups is 2. The standard InChI is InChI=1S/C14H10F2N2O6/c1-8-2-4-10(17(19)20)12(6-8)23-9-3-5-11(18(21)22)13(7-9)24-14(15)16/h2-7,14H,1H3. The summed E-state index contributed by atoms with van der Waals surface area (Å²) in [5, 5.41) is 21.8. The van der Waals surface area contributed by atoms with Crippen molar-refractivity contribution in [2.24, 2.45) is 0 Å². The quantitative estimate of drug-likeness (QED) is 0.576. The van der Waals surface area contributed by atoms with Crippen molar-refractivity contribution in [3.63, 3.8) is 0 Å². The minimum absolute atomic E-state index is 0.120. The van der Waals surface area contributed by atoms with Crippen LogP contribution in [0.15, 0.2) is 36.4 Å². The highest BCUT2D eigenvalue weighted by Crippen LogP contribution is 2.37. The van der Waals surface area contributed by atoms with Gasteiger partial charge < -0.3 is 9.47 Å². The molecule has 0 fully saturated rings. The van der Waals surface area contributed by atoms with Gasteiger partial charge in [-0.2, -0.15) is 8.78 Å². The average Bonchev–Trinajstić information content (AvgIpc) is 2.46. The van der Waals surface area contributed by atoms with Crippen molar-refractivity contribution in [1.29, 1.82) is 0 Å². The van der Waals surface area contributed by atoms with Crippen molar-refractivity contribution >= 4 is 11.4 Å². The van der Waals surface area contributed by atoms with E-state index in [1.165, 1.54) is 18.2 Å². The van der Waals surface area contributed by atoms with E-state index in [9.17, 15) is 29.0 Å². The van der Waals surface area contributed by atoms with Crippen molar-refractivity contribution in [3.8, 4) is 17.2 Å². The summed E-state index contributed by atoms with van der Waals surface area (Å²) >= 11 is 0. The van der Waals surface area contributed by atoms with Crippen LogP contribution in [-0.4, -0.2) is 16.5 Å². The summed E-state index contributed by atoms with van der Waals surface area (Å²) in [5.74, 6) is -0.954. The Hall–Kier alpha value is -3.30. The van der Waals surface area contributed by atoms with Gasteiger partial charge in [0.1, 0.15) is 5.75 Å². The third-order valence-corrected chi connectivity index (χ3v) is 2.88. The number of halogens is 2. The molecule has 0 aliphatic rings. The summed E-state index contributed by atoms with van der Waals surface area (Å²) in [6, 6.07) is 7.03. The highest BCUT2D eigenvalue weighted by Gasteiger charge is 2.21. The zero-order valence-electron chi connectivity index (χ0n) is 12.1. The summed E-state index contributed by atoms with van der Waals surface area (Å²) in [7, 11) is 0. The SMILES string of the molecule is Cc1ccc([N+](=O)[O-])c(Oc2ccc([N+](=O)[O-])c(OC(F)F)c2)c1. The van der Waals surface area contributed by atoms with Crippen LogP contribution >= 0.6 is 0 Å². The molecule has 2 rings (SSSR count). The maximum atomic E-state index is 12.4. The van der Waals surface area contributed by atoms with Crippen LogP contribution in [0.25, 0.3) is 0 Å². The van der Waals surface area contributed by atoms with Gasteiger partial charge in [-0.05, 0) is 24.6 Å². The van der Waals surface area contributed by atoms with Crippen LogP contribution in [0.4, 0.5) is 20.2 Å². The summed E-state index contributed by atoms with van der Waals surface area (Å²) in [5.41, 5.74) is -0.349. The van der Waals surface area contributed by atoms with Gasteiger partial charge in [-0.25, -0.2) is 0 Å². The molecule has 0 N–H and O–H groups in total. The number of hydrogen-bond donors (Lipinski definition) is 0. The van der Waals surface area contributed by atoms with Crippen molar-refractivity contribution in [1.82, 2.24) is 0 Å². The van der Waals surface area contributed by atoms with Gasteiger partial charge in [0, 0.05) is 18.2 Å². The molecule has 0 amide bonds. The molecule has 0 heterocycles. The topological polar surface area (TPSA) is 105 Å². The Labute approximate surface area is 133 Å². The first-order valence-electron chi connectivity index (χ1n) is 6.44. The first-order chi connectivity index (χ1) is 11.3. The van der Waals surface area contributed by atoms with E-state index in [0.29, 0.717) is 5.56 Å². The normalized spacial score (nSPS) is 10.5. The molecule has 0 spiro atoms. The lowest BCUT2D eigenvalue weighted by Gasteiger charge is -2.10. The van der Waals surface area contributed by atoms with Gasteiger partial charge >= 0.3 is 18.0 Å². The molecule has 24 heavy (non-hydrogen) atoms. The van der Waals surface area contributed by atoms with E-state index in [1.807, 2.05) is 0 Å². The van der Waals surface area contributed by atoms with Gasteiger partial charge in [-0.1, -0.05) is 6.07 Å². The minimum Gasteiger partial charge on any atom is -0.450 e. The molecular formula is C14H10F2N2O6. The second-order valence-corrected chi connectivity index (χ2v) is 4.60. The van der Waals surface area contributed by atoms with Gasteiger partial charge in [0.15, 0.2) is 0 Å². The van der Waals surface area contributed by atoms with Crippen LogP contribution in [-0.2, 0) is 0 Å². The van der Waals surface area contributed by atoms with Gasteiger partial charge in [0.05, 0.1) is 9.85 Å². The van der Waals surface area contributed by atoms with E-state index in [-0.39, 0.29) is 17.2 Å². The summed E-state index contributed by atoms with van der Waals surface area (Å²) in [4.78, 5) is 20.2. The zero-order chi connectivity index (χ0) is 17.9. The van der Waals surface area contributed by atoms with Crippen LogP contribution in [0.1, 0.15) is 5.56 Å². The number of alkyl halides is 2. The molecule has 0 aliphatic heterocycles.